The molecule has 0 spiro atoms. The lowest BCUT2D eigenvalue weighted by Gasteiger charge is -2.29. The molecule has 0 atom stereocenters. The second kappa shape index (κ2) is 5.55. The van der Waals surface area contributed by atoms with E-state index < -0.39 is 4.92 Å². The summed E-state index contributed by atoms with van der Waals surface area (Å²) in [6.07, 6.45) is 1.61. The van der Waals surface area contributed by atoms with Gasteiger partial charge in [0.25, 0.3) is 11.6 Å². The number of aryl methyl sites for hydroxylation is 1. The molecular weight excluding hydrogens is 287 g/mol. The monoisotopic (exact) mass is 300 g/mol. The number of nitro groups is 1. The third-order valence-electron chi connectivity index (χ3n) is 3.74. The van der Waals surface area contributed by atoms with Gasteiger partial charge in [0.2, 0.25) is 0 Å². The highest BCUT2D eigenvalue weighted by Gasteiger charge is 2.24. The van der Waals surface area contributed by atoms with Gasteiger partial charge in [-0.2, -0.15) is 0 Å². The van der Waals surface area contributed by atoms with Gasteiger partial charge >= 0.3 is 0 Å². The highest BCUT2D eigenvalue weighted by atomic mass is 19.1. The molecule has 0 aromatic heterocycles. The molecule has 0 saturated carbocycles. The average Bonchev–Trinajstić information content (AvgIpc) is 2.53. The summed E-state index contributed by atoms with van der Waals surface area (Å²) in [6.45, 7) is 0.506. The van der Waals surface area contributed by atoms with Crippen LogP contribution in [0.4, 0.5) is 15.8 Å². The van der Waals surface area contributed by atoms with Gasteiger partial charge in [-0.3, -0.25) is 14.9 Å². The third kappa shape index (κ3) is 2.55. The van der Waals surface area contributed by atoms with Crippen molar-refractivity contribution < 1.29 is 14.1 Å². The molecule has 2 aromatic carbocycles. The van der Waals surface area contributed by atoms with Crippen LogP contribution >= 0.6 is 0 Å². The minimum absolute atomic E-state index is 0.0679. The summed E-state index contributed by atoms with van der Waals surface area (Å²) in [5.41, 5.74) is 1.79. The van der Waals surface area contributed by atoms with Crippen LogP contribution in [0.1, 0.15) is 22.3 Å². The Morgan fingerprint density at radius 3 is 2.59 bits per heavy atom. The number of fused-ring (bicyclic) bond motifs is 1. The Morgan fingerprint density at radius 1 is 1.18 bits per heavy atom. The second-order valence-corrected chi connectivity index (χ2v) is 5.14. The lowest BCUT2D eigenvalue weighted by molar-refractivity contribution is -0.384. The van der Waals surface area contributed by atoms with Crippen LogP contribution in [0.25, 0.3) is 0 Å². The van der Waals surface area contributed by atoms with Gasteiger partial charge in [0.15, 0.2) is 0 Å². The number of halogens is 1. The first-order valence-electron chi connectivity index (χ1n) is 6.91. The number of benzene rings is 2. The number of nitro benzene ring substituents is 1. The number of rotatable bonds is 2. The first-order chi connectivity index (χ1) is 10.6. The number of hydrogen-bond donors (Lipinski definition) is 0. The third-order valence-corrected chi connectivity index (χ3v) is 3.74. The molecule has 0 aliphatic carbocycles. The summed E-state index contributed by atoms with van der Waals surface area (Å²) in [7, 11) is 0. The maximum absolute atomic E-state index is 13.5. The molecule has 6 heteroatoms. The molecule has 0 saturated heterocycles. The van der Waals surface area contributed by atoms with E-state index in [1.54, 1.807) is 6.07 Å². The van der Waals surface area contributed by atoms with Crippen LogP contribution in [-0.2, 0) is 6.42 Å². The summed E-state index contributed by atoms with van der Waals surface area (Å²) < 4.78 is 13.5. The van der Waals surface area contributed by atoms with E-state index in [9.17, 15) is 19.3 Å². The summed E-state index contributed by atoms with van der Waals surface area (Å²) in [4.78, 5) is 24.3. The van der Waals surface area contributed by atoms with E-state index >= 15 is 0 Å². The fourth-order valence-corrected chi connectivity index (χ4v) is 2.64. The Bertz CT molecular complexity index is 744. The molecule has 0 radical (unpaired) electrons. The standard InChI is InChI=1S/C16H13FN2O3/c17-13-6-3-11-2-1-9-18(15(11)10-13)16(20)12-4-7-14(8-5-12)19(21)22/h3-8,10H,1-2,9H2. The molecule has 3 rings (SSSR count). The molecule has 0 fully saturated rings. The van der Waals surface area contributed by atoms with Gasteiger partial charge < -0.3 is 4.90 Å². The Balaban J connectivity index is 1.93. The lowest BCUT2D eigenvalue weighted by atomic mass is 10.0. The topological polar surface area (TPSA) is 63.4 Å². The number of anilines is 1. The SMILES string of the molecule is O=C(c1ccc([N+](=O)[O-])cc1)N1CCCc2ccc(F)cc21. The van der Waals surface area contributed by atoms with Crippen molar-refractivity contribution in [1.82, 2.24) is 0 Å². The van der Waals surface area contributed by atoms with Gasteiger partial charge in [-0.1, -0.05) is 6.07 Å². The first-order valence-corrected chi connectivity index (χ1v) is 6.91. The molecule has 0 unspecified atom stereocenters. The predicted octanol–water partition coefficient (Wildman–Crippen LogP) is 3.33. The van der Waals surface area contributed by atoms with E-state index in [1.807, 2.05) is 0 Å². The quantitative estimate of drug-likeness (QED) is 0.631. The van der Waals surface area contributed by atoms with E-state index in [0.29, 0.717) is 17.8 Å². The normalized spacial score (nSPS) is 13.6. The fraction of sp³-hybridized carbons (Fsp3) is 0.188. The molecular formula is C16H13FN2O3. The van der Waals surface area contributed by atoms with Crippen LogP contribution in [-0.4, -0.2) is 17.4 Å². The zero-order valence-electron chi connectivity index (χ0n) is 11.7. The molecule has 1 aliphatic rings. The van der Waals surface area contributed by atoms with Crippen molar-refractivity contribution in [3.05, 3.63) is 69.5 Å². The zero-order chi connectivity index (χ0) is 15.7. The minimum atomic E-state index is -0.514. The highest BCUT2D eigenvalue weighted by Crippen LogP contribution is 2.29. The number of carbonyl (C=O) groups excluding carboxylic acids is 1. The molecule has 1 amide bonds. The van der Waals surface area contributed by atoms with Gasteiger partial charge in [0.1, 0.15) is 5.82 Å². The molecule has 22 heavy (non-hydrogen) atoms. The van der Waals surface area contributed by atoms with Gasteiger partial charge in [0, 0.05) is 24.2 Å². The summed E-state index contributed by atoms with van der Waals surface area (Å²) in [5, 5.41) is 10.7. The van der Waals surface area contributed by atoms with Crippen LogP contribution in [0.2, 0.25) is 0 Å². The number of non-ortho nitro benzene ring substituents is 1. The summed E-state index contributed by atoms with van der Waals surface area (Å²) in [5.74, 6) is -0.663. The van der Waals surface area contributed by atoms with Crippen molar-refractivity contribution in [2.75, 3.05) is 11.4 Å². The van der Waals surface area contributed by atoms with Crippen molar-refractivity contribution >= 4 is 17.3 Å². The number of amides is 1. The van der Waals surface area contributed by atoms with E-state index in [0.717, 1.165) is 18.4 Å². The van der Waals surface area contributed by atoms with E-state index in [2.05, 4.69) is 0 Å². The number of carbonyl (C=O) groups is 1. The van der Waals surface area contributed by atoms with Gasteiger partial charge in [-0.05, 0) is 42.7 Å². The van der Waals surface area contributed by atoms with Gasteiger partial charge in [0.05, 0.1) is 10.6 Å². The largest absolute Gasteiger partial charge is 0.308 e. The maximum atomic E-state index is 13.5. The Hall–Kier alpha value is -2.76. The molecule has 0 N–H and O–H groups in total. The van der Waals surface area contributed by atoms with Crippen LogP contribution in [0, 0.1) is 15.9 Å². The summed E-state index contributed by atoms with van der Waals surface area (Å²) >= 11 is 0. The predicted molar refractivity (Wildman–Crippen MR) is 79.5 cm³/mol. The minimum Gasteiger partial charge on any atom is -0.308 e. The van der Waals surface area contributed by atoms with E-state index in [1.165, 1.54) is 41.3 Å². The molecule has 1 heterocycles. The fourth-order valence-electron chi connectivity index (χ4n) is 2.64. The molecule has 2 aromatic rings. The number of hydrogen-bond acceptors (Lipinski definition) is 3. The smallest absolute Gasteiger partial charge is 0.269 e. The maximum Gasteiger partial charge on any atom is 0.269 e. The molecule has 5 nitrogen and oxygen atoms in total. The van der Waals surface area contributed by atoms with Crippen LogP contribution in [0.15, 0.2) is 42.5 Å². The van der Waals surface area contributed by atoms with Crippen molar-refractivity contribution in [3.63, 3.8) is 0 Å². The van der Waals surface area contributed by atoms with Crippen molar-refractivity contribution in [1.29, 1.82) is 0 Å². The molecule has 0 bridgehead atoms. The first kappa shape index (κ1) is 14.2. The van der Waals surface area contributed by atoms with E-state index in [4.69, 9.17) is 0 Å². The van der Waals surface area contributed by atoms with Crippen molar-refractivity contribution in [2.24, 2.45) is 0 Å². The Labute approximate surface area is 126 Å². The van der Waals surface area contributed by atoms with Crippen LogP contribution in [0.5, 0.6) is 0 Å². The van der Waals surface area contributed by atoms with Crippen molar-refractivity contribution in [3.8, 4) is 0 Å². The zero-order valence-corrected chi connectivity index (χ0v) is 11.7. The van der Waals surface area contributed by atoms with Gasteiger partial charge in [-0.15, -0.1) is 0 Å². The molecule has 1 aliphatic heterocycles. The summed E-state index contributed by atoms with van der Waals surface area (Å²) in [6, 6.07) is 9.88. The number of nitrogens with zero attached hydrogens (tertiary/aromatic N) is 2. The highest BCUT2D eigenvalue weighted by molar-refractivity contribution is 6.06. The van der Waals surface area contributed by atoms with E-state index in [-0.39, 0.29) is 17.4 Å². The molecule has 112 valence electrons. The Morgan fingerprint density at radius 2 is 1.91 bits per heavy atom. The second-order valence-electron chi connectivity index (χ2n) is 5.14. The van der Waals surface area contributed by atoms with Gasteiger partial charge in [-0.25, -0.2) is 4.39 Å². The average molecular weight is 300 g/mol. The Kier molecular flexibility index (Phi) is 3.58. The van der Waals surface area contributed by atoms with Crippen LogP contribution < -0.4 is 4.90 Å². The lowest BCUT2D eigenvalue weighted by Crippen LogP contribution is -2.35. The van der Waals surface area contributed by atoms with Crippen molar-refractivity contribution in [2.45, 2.75) is 12.8 Å². The van der Waals surface area contributed by atoms with Crippen LogP contribution in [0.3, 0.4) is 0 Å².